The van der Waals surface area contributed by atoms with Crippen LogP contribution in [-0.4, -0.2) is 24.0 Å². The average Bonchev–Trinajstić information content (AvgIpc) is 3.13. The zero-order valence-corrected chi connectivity index (χ0v) is 16.8. The molecule has 5 nitrogen and oxygen atoms in total. The first kappa shape index (κ1) is 18.2. The fourth-order valence-corrected chi connectivity index (χ4v) is 4.15. The number of fused-ring (bicyclic) bond motifs is 1. The Morgan fingerprint density at radius 3 is 2.26 bits per heavy atom. The number of carbonyl (C=O) groups is 2. The number of benzene rings is 2. The zero-order chi connectivity index (χ0) is 19.1. The van der Waals surface area contributed by atoms with Gasteiger partial charge in [0.05, 0.1) is 23.3 Å². The van der Waals surface area contributed by atoms with Gasteiger partial charge in [0.15, 0.2) is 6.10 Å². The molecule has 0 radical (unpaired) electrons. The van der Waals surface area contributed by atoms with E-state index in [1.54, 1.807) is 17.2 Å². The molecule has 3 unspecified atom stereocenters. The van der Waals surface area contributed by atoms with Gasteiger partial charge in [-0.15, -0.1) is 0 Å². The predicted octanol–water partition coefficient (Wildman–Crippen LogP) is 4.17. The molecule has 140 valence electrons. The van der Waals surface area contributed by atoms with Gasteiger partial charge in [-0.3, -0.25) is 14.4 Å². The summed E-state index contributed by atoms with van der Waals surface area (Å²) in [6.07, 6.45) is -0.00593. The van der Waals surface area contributed by atoms with Crippen LogP contribution >= 0.6 is 15.9 Å². The number of rotatable bonds is 4. The van der Waals surface area contributed by atoms with Gasteiger partial charge in [0.2, 0.25) is 5.91 Å². The van der Waals surface area contributed by atoms with Crippen LogP contribution in [0.25, 0.3) is 0 Å². The Labute approximate surface area is 167 Å². The van der Waals surface area contributed by atoms with Gasteiger partial charge in [0.25, 0.3) is 5.91 Å². The van der Waals surface area contributed by atoms with Gasteiger partial charge in [-0.25, -0.2) is 9.96 Å². The van der Waals surface area contributed by atoms with Crippen LogP contribution < -0.4 is 9.96 Å². The van der Waals surface area contributed by atoms with Crippen LogP contribution in [0.15, 0.2) is 59.1 Å². The number of amides is 2. The molecule has 0 bridgehead atoms. The monoisotopic (exact) mass is 428 g/mol. The molecule has 2 aromatic carbocycles. The molecular formula is C21H21BrN2O3. The maximum absolute atomic E-state index is 13.2. The number of nitrogens with zero attached hydrogens (tertiary/aromatic N) is 2. The minimum Gasteiger partial charge on any atom is -0.273 e. The van der Waals surface area contributed by atoms with Crippen LogP contribution in [0.5, 0.6) is 0 Å². The maximum atomic E-state index is 13.2. The quantitative estimate of drug-likeness (QED) is 0.685. The number of carbonyl (C=O) groups excluding carboxylic acids is 2. The Kier molecular flexibility index (Phi) is 4.78. The Hall–Kier alpha value is -2.18. The van der Waals surface area contributed by atoms with Crippen molar-refractivity contribution in [2.75, 3.05) is 9.96 Å². The molecule has 0 saturated carbocycles. The largest absolute Gasteiger partial charge is 0.273 e. The summed E-state index contributed by atoms with van der Waals surface area (Å²) in [7, 11) is 0. The van der Waals surface area contributed by atoms with E-state index in [0.717, 1.165) is 16.6 Å². The van der Waals surface area contributed by atoms with Crippen molar-refractivity contribution in [1.29, 1.82) is 0 Å². The summed E-state index contributed by atoms with van der Waals surface area (Å²) < 4.78 is 0.898. The highest BCUT2D eigenvalue weighted by molar-refractivity contribution is 9.10. The SMILES string of the molecule is CC(C)CC1C2C(=O)N(c3ccc(Br)cc3)C(=O)C2ON1c1ccccc1. The van der Waals surface area contributed by atoms with Crippen LogP contribution in [0.2, 0.25) is 0 Å². The lowest BCUT2D eigenvalue weighted by Crippen LogP contribution is -2.41. The third-order valence-corrected chi connectivity index (χ3v) is 5.58. The number of halogens is 1. The molecule has 0 N–H and O–H groups in total. The fraction of sp³-hybridized carbons (Fsp3) is 0.333. The van der Waals surface area contributed by atoms with Crippen molar-refractivity contribution in [3.8, 4) is 0 Å². The van der Waals surface area contributed by atoms with E-state index >= 15 is 0 Å². The number of hydrogen-bond acceptors (Lipinski definition) is 4. The minimum atomic E-state index is -0.773. The molecule has 2 aromatic rings. The molecule has 3 atom stereocenters. The van der Waals surface area contributed by atoms with Gasteiger partial charge in [-0.2, -0.15) is 0 Å². The molecule has 4 rings (SSSR count). The smallest absolute Gasteiger partial charge is 0.266 e. The third-order valence-electron chi connectivity index (χ3n) is 5.05. The van der Waals surface area contributed by atoms with E-state index in [9.17, 15) is 9.59 Å². The molecule has 27 heavy (non-hydrogen) atoms. The predicted molar refractivity (Wildman–Crippen MR) is 107 cm³/mol. The Bertz CT molecular complexity index is 853. The highest BCUT2D eigenvalue weighted by Crippen LogP contribution is 2.42. The first-order chi connectivity index (χ1) is 13.0. The molecular weight excluding hydrogens is 408 g/mol. The van der Waals surface area contributed by atoms with Crippen LogP contribution in [0.1, 0.15) is 20.3 Å². The van der Waals surface area contributed by atoms with Gasteiger partial charge in [0.1, 0.15) is 0 Å². The lowest BCUT2D eigenvalue weighted by molar-refractivity contribution is -0.126. The molecule has 0 spiro atoms. The molecule has 0 aliphatic carbocycles. The Morgan fingerprint density at radius 2 is 1.63 bits per heavy atom. The van der Waals surface area contributed by atoms with E-state index in [-0.39, 0.29) is 17.9 Å². The zero-order valence-electron chi connectivity index (χ0n) is 15.2. The van der Waals surface area contributed by atoms with Crippen LogP contribution in [-0.2, 0) is 14.4 Å². The minimum absolute atomic E-state index is 0.172. The number of hydroxylamine groups is 1. The Balaban J connectivity index is 1.69. The first-order valence-corrected chi connectivity index (χ1v) is 9.91. The normalized spacial score (nSPS) is 24.8. The van der Waals surface area contributed by atoms with Crippen molar-refractivity contribution in [3.63, 3.8) is 0 Å². The topological polar surface area (TPSA) is 49.9 Å². The summed E-state index contributed by atoms with van der Waals surface area (Å²) in [5.41, 5.74) is 1.45. The highest BCUT2D eigenvalue weighted by Gasteiger charge is 2.59. The maximum Gasteiger partial charge on any atom is 0.266 e. The third kappa shape index (κ3) is 3.17. The number of anilines is 2. The lowest BCUT2D eigenvalue weighted by Gasteiger charge is -2.29. The average molecular weight is 429 g/mol. The summed E-state index contributed by atoms with van der Waals surface area (Å²) in [5, 5.41) is 1.77. The summed E-state index contributed by atoms with van der Waals surface area (Å²) in [6, 6.07) is 16.7. The van der Waals surface area contributed by atoms with Gasteiger partial charge in [-0.1, -0.05) is 48.0 Å². The number of imide groups is 1. The van der Waals surface area contributed by atoms with Crippen LogP contribution in [0.4, 0.5) is 11.4 Å². The molecule has 6 heteroatoms. The van der Waals surface area contributed by atoms with E-state index in [1.807, 2.05) is 42.5 Å². The van der Waals surface area contributed by atoms with Crippen molar-refractivity contribution in [1.82, 2.24) is 0 Å². The molecule has 2 saturated heterocycles. The number of hydrogen-bond donors (Lipinski definition) is 0. The van der Waals surface area contributed by atoms with Gasteiger partial charge in [0, 0.05) is 4.47 Å². The van der Waals surface area contributed by atoms with Crippen molar-refractivity contribution in [3.05, 3.63) is 59.1 Å². The molecule has 2 amide bonds. The van der Waals surface area contributed by atoms with Gasteiger partial charge in [-0.05, 0) is 48.7 Å². The second-order valence-corrected chi connectivity index (χ2v) is 8.31. The molecule has 2 heterocycles. The second kappa shape index (κ2) is 7.09. The first-order valence-electron chi connectivity index (χ1n) is 9.12. The van der Waals surface area contributed by atoms with Crippen LogP contribution in [0, 0.1) is 11.8 Å². The fourth-order valence-electron chi connectivity index (χ4n) is 3.89. The van der Waals surface area contributed by atoms with E-state index in [2.05, 4.69) is 29.8 Å². The Morgan fingerprint density at radius 1 is 0.963 bits per heavy atom. The summed E-state index contributed by atoms with van der Waals surface area (Å²) in [5.74, 6) is -0.604. The van der Waals surface area contributed by atoms with E-state index in [0.29, 0.717) is 11.6 Å². The van der Waals surface area contributed by atoms with E-state index < -0.39 is 12.0 Å². The number of para-hydroxylation sites is 1. The van der Waals surface area contributed by atoms with Gasteiger partial charge < -0.3 is 0 Å². The molecule has 2 aliphatic heterocycles. The van der Waals surface area contributed by atoms with Crippen molar-refractivity contribution in [2.45, 2.75) is 32.4 Å². The van der Waals surface area contributed by atoms with Crippen molar-refractivity contribution < 1.29 is 14.4 Å². The van der Waals surface area contributed by atoms with E-state index in [4.69, 9.17) is 4.84 Å². The summed E-state index contributed by atoms with van der Waals surface area (Å²) >= 11 is 3.38. The van der Waals surface area contributed by atoms with Crippen LogP contribution in [0.3, 0.4) is 0 Å². The molecule has 2 fully saturated rings. The van der Waals surface area contributed by atoms with Gasteiger partial charge >= 0.3 is 0 Å². The van der Waals surface area contributed by atoms with Crippen molar-refractivity contribution in [2.24, 2.45) is 11.8 Å². The lowest BCUT2D eigenvalue weighted by atomic mass is 9.90. The summed E-state index contributed by atoms with van der Waals surface area (Å²) in [6.45, 7) is 4.23. The molecule has 2 aliphatic rings. The van der Waals surface area contributed by atoms with E-state index in [1.165, 1.54) is 4.90 Å². The standard InChI is InChI=1S/C21H21BrN2O3/c1-13(2)12-17-18-19(27-24(17)16-6-4-3-5-7-16)21(26)23(20(18)25)15-10-8-14(22)9-11-15/h3-11,13,17-19H,12H2,1-2H3. The van der Waals surface area contributed by atoms with Crippen molar-refractivity contribution >= 4 is 39.1 Å². The summed E-state index contributed by atoms with van der Waals surface area (Å²) in [4.78, 5) is 33.6. The highest BCUT2D eigenvalue weighted by atomic mass is 79.9. The molecule has 0 aromatic heterocycles. The second-order valence-electron chi connectivity index (χ2n) is 7.40.